The highest BCUT2D eigenvalue weighted by Crippen LogP contribution is 2.39. The van der Waals surface area contributed by atoms with Crippen molar-refractivity contribution in [1.82, 2.24) is 0 Å². The fraction of sp³-hybridized carbons (Fsp3) is 0.538. The summed E-state index contributed by atoms with van der Waals surface area (Å²) in [5.41, 5.74) is 0.0303. The molecule has 0 aliphatic heterocycles. The van der Waals surface area contributed by atoms with Crippen molar-refractivity contribution >= 4 is 0 Å². The Kier molecular flexibility index (Phi) is 7.96. The maximum Gasteiger partial charge on any atom is 0.167 e. The van der Waals surface area contributed by atoms with Crippen molar-refractivity contribution in [2.75, 3.05) is 0 Å². The van der Waals surface area contributed by atoms with E-state index in [0.29, 0.717) is 5.92 Å². The summed E-state index contributed by atoms with van der Waals surface area (Å²) in [5, 5.41) is 0. The van der Waals surface area contributed by atoms with Crippen molar-refractivity contribution in [3.8, 4) is 11.1 Å². The molecule has 2 aromatic rings. The Morgan fingerprint density at radius 2 is 1.47 bits per heavy atom. The van der Waals surface area contributed by atoms with E-state index in [1.54, 1.807) is 6.07 Å². The van der Waals surface area contributed by atoms with Gasteiger partial charge in [0.1, 0.15) is 11.6 Å². The molecule has 1 saturated carbocycles. The highest BCUT2D eigenvalue weighted by Gasteiger charge is 2.24. The molecular weight excluding hydrogens is 388 g/mol. The molecule has 0 atom stereocenters. The number of hydrogen-bond donors (Lipinski definition) is 0. The van der Waals surface area contributed by atoms with Gasteiger partial charge in [0.15, 0.2) is 11.6 Å². The zero-order valence-electron chi connectivity index (χ0n) is 18.0. The molecule has 4 heteroatoms. The van der Waals surface area contributed by atoms with Crippen LogP contribution in [0.5, 0.6) is 0 Å². The summed E-state index contributed by atoms with van der Waals surface area (Å²) in [4.78, 5) is 0. The molecule has 0 bridgehead atoms. The van der Waals surface area contributed by atoms with Crippen LogP contribution < -0.4 is 0 Å². The molecular formula is C26H32F4. The minimum Gasteiger partial charge on any atom is -0.207 e. The summed E-state index contributed by atoms with van der Waals surface area (Å²) in [7, 11) is 0. The van der Waals surface area contributed by atoms with Crippen LogP contribution >= 0.6 is 0 Å². The maximum absolute atomic E-state index is 14.8. The van der Waals surface area contributed by atoms with Crippen molar-refractivity contribution in [3.63, 3.8) is 0 Å². The van der Waals surface area contributed by atoms with E-state index < -0.39 is 28.8 Å². The van der Waals surface area contributed by atoms with Crippen molar-refractivity contribution in [1.29, 1.82) is 0 Å². The van der Waals surface area contributed by atoms with Gasteiger partial charge in [-0.15, -0.1) is 0 Å². The van der Waals surface area contributed by atoms with E-state index >= 15 is 0 Å². The largest absolute Gasteiger partial charge is 0.207 e. The summed E-state index contributed by atoms with van der Waals surface area (Å²) < 4.78 is 56.8. The molecule has 1 fully saturated rings. The van der Waals surface area contributed by atoms with Gasteiger partial charge in [-0.05, 0) is 62.1 Å². The zero-order valence-corrected chi connectivity index (χ0v) is 18.0. The molecule has 0 nitrogen and oxygen atoms in total. The van der Waals surface area contributed by atoms with Gasteiger partial charge in [-0.1, -0.05) is 57.6 Å². The Balaban J connectivity index is 1.63. The molecule has 0 amide bonds. The Morgan fingerprint density at radius 1 is 0.767 bits per heavy atom. The summed E-state index contributed by atoms with van der Waals surface area (Å²) in [6.45, 7) is 3.39. The summed E-state index contributed by atoms with van der Waals surface area (Å²) in [5.74, 6) is -2.92. The van der Waals surface area contributed by atoms with Gasteiger partial charge < -0.3 is 0 Å². The molecule has 0 unspecified atom stereocenters. The third kappa shape index (κ3) is 5.25. The van der Waals surface area contributed by atoms with E-state index in [9.17, 15) is 17.6 Å². The molecule has 0 N–H and O–H groups in total. The summed E-state index contributed by atoms with van der Waals surface area (Å²) >= 11 is 0. The lowest BCUT2D eigenvalue weighted by molar-refractivity contribution is 0.301. The Morgan fingerprint density at radius 3 is 2.13 bits per heavy atom. The second-order valence-corrected chi connectivity index (χ2v) is 8.82. The van der Waals surface area contributed by atoms with E-state index in [4.69, 9.17) is 0 Å². The molecule has 1 aliphatic rings. The van der Waals surface area contributed by atoms with E-state index in [2.05, 4.69) is 6.92 Å². The highest BCUT2D eigenvalue weighted by molar-refractivity contribution is 5.66. The maximum atomic E-state index is 14.8. The molecule has 30 heavy (non-hydrogen) atoms. The Labute approximate surface area is 177 Å². The van der Waals surface area contributed by atoms with Crippen LogP contribution in [0.2, 0.25) is 0 Å². The van der Waals surface area contributed by atoms with Crippen molar-refractivity contribution in [2.24, 2.45) is 5.92 Å². The predicted octanol–water partition coefficient (Wildman–Crippen LogP) is 8.85. The van der Waals surface area contributed by atoms with E-state index in [1.165, 1.54) is 57.6 Å². The third-order valence-corrected chi connectivity index (χ3v) is 6.71. The first-order chi connectivity index (χ1) is 14.4. The van der Waals surface area contributed by atoms with E-state index in [0.717, 1.165) is 43.2 Å². The van der Waals surface area contributed by atoms with Crippen molar-refractivity contribution in [3.05, 3.63) is 58.7 Å². The Hall–Kier alpha value is -1.84. The predicted molar refractivity (Wildman–Crippen MR) is 115 cm³/mol. The molecule has 1 aliphatic carbocycles. The van der Waals surface area contributed by atoms with Crippen LogP contribution in [0.4, 0.5) is 17.6 Å². The van der Waals surface area contributed by atoms with Gasteiger partial charge in [-0.25, -0.2) is 17.6 Å². The molecule has 0 heterocycles. The normalized spacial score (nSPS) is 19.3. The average Bonchev–Trinajstić information content (AvgIpc) is 2.75. The lowest BCUT2D eigenvalue weighted by atomic mass is 9.77. The van der Waals surface area contributed by atoms with Gasteiger partial charge in [0, 0.05) is 16.7 Å². The lowest BCUT2D eigenvalue weighted by Crippen LogP contribution is -2.13. The number of rotatable bonds is 8. The SMILES string of the molecule is CCCCCCCC1CCC(c2ccc(-c3cc(F)c(C)c(F)c3F)c(F)c2)CC1. The van der Waals surface area contributed by atoms with Crippen LogP contribution in [0.1, 0.15) is 88.2 Å². The van der Waals surface area contributed by atoms with Gasteiger partial charge in [0.05, 0.1) is 0 Å². The topological polar surface area (TPSA) is 0 Å². The Bertz CT molecular complexity index is 851. The molecule has 2 aromatic carbocycles. The fourth-order valence-electron chi connectivity index (χ4n) is 4.71. The van der Waals surface area contributed by atoms with Crippen LogP contribution in [0.25, 0.3) is 11.1 Å². The first-order valence-corrected chi connectivity index (χ1v) is 11.4. The smallest absolute Gasteiger partial charge is 0.167 e. The first-order valence-electron chi connectivity index (χ1n) is 11.4. The molecule has 3 rings (SSSR count). The second kappa shape index (κ2) is 10.5. The van der Waals surface area contributed by atoms with E-state index in [-0.39, 0.29) is 11.1 Å². The number of unbranched alkanes of at least 4 members (excludes halogenated alkanes) is 4. The summed E-state index contributed by atoms with van der Waals surface area (Å²) in [6.07, 6.45) is 12.2. The molecule has 0 spiro atoms. The van der Waals surface area contributed by atoms with Gasteiger partial charge in [0.2, 0.25) is 0 Å². The van der Waals surface area contributed by atoms with E-state index in [1.807, 2.05) is 0 Å². The number of benzene rings is 2. The molecule has 0 radical (unpaired) electrons. The fourth-order valence-corrected chi connectivity index (χ4v) is 4.71. The number of hydrogen-bond acceptors (Lipinski definition) is 0. The number of halogens is 4. The lowest BCUT2D eigenvalue weighted by Gasteiger charge is -2.29. The van der Waals surface area contributed by atoms with Crippen molar-refractivity contribution < 1.29 is 17.6 Å². The van der Waals surface area contributed by atoms with Crippen LogP contribution in [0, 0.1) is 36.1 Å². The summed E-state index contributed by atoms with van der Waals surface area (Å²) in [6, 6.07) is 5.53. The van der Waals surface area contributed by atoms with Gasteiger partial charge in [-0.2, -0.15) is 0 Å². The second-order valence-electron chi connectivity index (χ2n) is 8.82. The van der Waals surface area contributed by atoms with Crippen LogP contribution in [0.15, 0.2) is 24.3 Å². The molecule has 0 saturated heterocycles. The molecule has 0 aromatic heterocycles. The highest BCUT2D eigenvalue weighted by atomic mass is 19.2. The van der Waals surface area contributed by atoms with Crippen LogP contribution in [-0.2, 0) is 0 Å². The minimum atomic E-state index is -1.26. The monoisotopic (exact) mass is 420 g/mol. The van der Waals surface area contributed by atoms with Crippen LogP contribution in [-0.4, -0.2) is 0 Å². The first kappa shape index (κ1) is 22.8. The van der Waals surface area contributed by atoms with Gasteiger partial charge >= 0.3 is 0 Å². The minimum absolute atomic E-state index is 0.102. The quantitative estimate of drug-likeness (QED) is 0.227. The molecule has 164 valence electrons. The van der Waals surface area contributed by atoms with Gasteiger partial charge in [-0.3, -0.25) is 0 Å². The van der Waals surface area contributed by atoms with Crippen molar-refractivity contribution in [2.45, 2.75) is 84.0 Å². The standard InChI is InChI=1S/C26H32F4/c1-3-4-5-6-7-8-18-9-11-19(12-10-18)20-13-14-21(24(28)15-20)22-16-23(27)17(2)25(29)26(22)30/h13-16,18-19H,3-12H2,1-2H3. The van der Waals surface area contributed by atoms with Crippen LogP contribution in [0.3, 0.4) is 0 Å². The van der Waals surface area contributed by atoms with Gasteiger partial charge in [0.25, 0.3) is 0 Å². The average molecular weight is 421 g/mol. The zero-order chi connectivity index (χ0) is 21.7. The third-order valence-electron chi connectivity index (χ3n) is 6.71.